The highest BCUT2D eigenvalue weighted by Crippen LogP contribution is 2.06. The molecule has 7 nitrogen and oxygen atoms in total. The first kappa shape index (κ1) is 21.6. The molecule has 2 rings (SSSR count). The molecule has 0 unspecified atom stereocenters. The molecule has 0 radical (unpaired) electrons. The van der Waals surface area contributed by atoms with E-state index in [9.17, 15) is 0 Å². The van der Waals surface area contributed by atoms with Crippen LogP contribution in [0.3, 0.4) is 0 Å². The van der Waals surface area contributed by atoms with Crippen molar-refractivity contribution in [3.8, 4) is 0 Å². The Labute approximate surface area is 144 Å². The largest absolute Gasteiger partial charge is 0.377 e. The van der Waals surface area contributed by atoms with Crippen LogP contribution in [0.4, 0.5) is 0 Å². The molecule has 2 N–H and O–H groups in total. The lowest BCUT2D eigenvalue weighted by Gasteiger charge is -2.34. The topological polar surface area (TPSA) is 80.7 Å². The van der Waals surface area contributed by atoms with Crippen molar-refractivity contribution in [1.82, 2.24) is 19.9 Å². The van der Waals surface area contributed by atoms with Gasteiger partial charge in [-0.15, -0.1) is 24.8 Å². The first-order valence-corrected chi connectivity index (χ1v) is 7.25. The summed E-state index contributed by atoms with van der Waals surface area (Å²) in [6, 6.07) is 0. The summed E-state index contributed by atoms with van der Waals surface area (Å²) in [5, 5.41) is 3.93. The Balaban J connectivity index is 0.00000220. The van der Waals surface area contributed by atoms with E-state index in [0.29, 0.717) is 18.5 Å². The highest BCUT2D eigenvalue weighted by atomic mass is 35.5. The van der Waals surface area contributed by atoms with E-state index in [1.807, 2.05) is 0 Å². The van der Waals surface area contributed by atoms with Crippen molar-refractivity contribution in [3.05, 3.63) is 11.7 Å². The molecule has 1 aromatic rings. The summed E-state index contributed by atoms with van der Waals surface area (Å²) < 4.78 is 10.6. The van der Waals surface area contributed by atoms with Crippen molar-refractivity contribution in [1.29, 1.82) is 0 Å². The molecule has 1 saturated heterocycles. The van der Waals surface area contributed by atoms with Crippen molar-refractivity contribution in [2.75, 3.05) is 39.3 Å². The lowest BCUT2D eigenvalue weighted by atomic mass is 10.3. The summed E-state index contributed by atoms with van der Waals surface area (Å²) in [7, 11) is 0. The van der Waals surface area contributed by atoms with Gasteiger partial charge in [0.15, 0.2) is 5.82 Å². The number of aromatic nitrogens is 2. The molecular weight excluding hydrogens is 329 g/mol. The fourth-order valence-electron chi connectivity index (χ4n) is 2.23. The van der Waals surface area contributed by atoms with Gasteiger partial charge in [-0.25, -0.2) is 0 Å². The van der Waals surface area contributed by atoms with Gasteiger partial charge >= 0.3 is 0 Å². The van der Waals surface area contributed by atoms with E-state index < -0.39 is 0 Å². The SMILES string of the molecule is CC(C)OCCN1CCN(Cc2noc(CN)n2)CC1.Cl.Cl. The average molecular weight is 356 g/mol. The van der Waals surface area contributed by atoms with Crippen molar-refractivity contribution in [2.45, 2.75) is 33.0 Å². The normalized spacial score (nSPS) is 16.4. The van der Waals surface area contributed by atoms with Crippen molar-refractivity contribution in [2.24, 2.45) is 5.73 Å². The minimum Gasteiger partial charge on any atom is -0.377 e. The Morgan fingerprint density at radius 1 is 1.18 bits per heavy atom. The van der Waals surface area contributed by atoms with E-state index in [1.165, 1.54) is 0 Å². The molecule has 2 heterocycles. The van der Waals surface area contributed by atoms with E-state index in [2.05, 4.69) is 33.8 Å². The van der Waals surface area contributed by atoms with Crippen LogP contribution in [0.25, 0.3) is 0 Å². The Morgan fingerprint density at radius 3 is 2.36 bits per heavy atom. The summed E-state index contributed by atoms with van der Waals surface area (Å²) in [6.45, 7) is 11.1. The number of hydrogen-bond acceptors (Lipinski definition) is 7. The van der Waals surface area contributed by atoms with Crippen molar-refractivity contribution < 1.29 is 9.26 Å². The van der Waals surface area contributed by atoms with Gasteiger partial charge in [-0.2, -0.15) is 4.98 Å². The third-order valence-electron chi connectivity index (χ3n) is 3.37. The Morgan fingerprint density at radius 2 is 1.82 bits per heavy atom. The number of piperazine rings is 1. The van der Waals surface area contributed by atoms with Gasteiger partial charge in [0.05, 0.1) is 25.8 Å². The monoisotopic (exact) mass is 355 g/mol. The van der Waals surface area contributed by atoms with Crippen LogP contribution in [0, 0.1) is 0 Å². The van der Waals surface area contributed by atoms with Gasteiger partial charge in [0.2, 0.25) is 5.89 Å². The highest BCUT2D eigenvalue weighted by Gasteiger charge is 2.18. The summed E-state index contributed by atoms with van der Waals surface area (Å²) in [5.74, 6) is 1.23. The number of halogens is 2. The van der Waals surface area contributed by atoms with E-state index in [4.69, 9.17) is 15.0 Å². The molecule has 130 valence electrons. The van der Waals surface area contributed by atoms with Gasteiger partial charge in [-0.3, -0.25) is 9.80 Å². The van der Waals surface area contributed by atoms with Crippen LogP contribution < -0.4 is 5.73 Å². The van der Waals surface area contributed by atoms with E-state index in [-0.39, 0.29) is 24.8 Å². The Kier molecular flexibility index (Phi) is 10.9. The second-order valence-electron chi connectivity index (χ2n) is 5.35. The quantitative estimate of drug-likeness (QED) is 0.778. The summed E-state index contributed by atoms with van der Waals surface area (Å²) in [6.07, 6.45) is 0.311. The van der Waals surface area contributed by atoms with Gasteiger partial charge in [0.25, 0.3) is 0 Å². The molecule has 0 spiro atoms. The maximum Gasteiger partial charge on any atom is 0.240 e. The number of hydrogen-bond donors (Lipinski definition) is 1. The zero-order valence-corrected chi connectivity index (χ0v) is 14.9. The lowest BCUT2D eigenvalue weighted by molar-refractivity contribution is 0.0433. The van der Waals surface area contributed by atoms with Crippen LogP contribution in [0.2, 0.25) is 0 Å². The van der Waals surface area contributed by atoms with Crippen LogP contribution in [0.1, 0.15) is 25.6 Å². The number of nitrogens with two attached hydrogens (primary N) is 1. The average Bonchev–Trinajstić information content (AvgIpc) is 2.88. The molecule has 0 atom stereocenters. The third kappa shape index (κ3) is 7.21. The lowest BCUT2D eigenvalue weighted by Crippen LogP contribution is -2.47. The fourth-order valence-corrected chi connectivity index (χ4v) is 2.23. The minimum atomic E-state index is 0. The molecule has 1 fully saturated rings. The molecule has 1 aromatic heterocycles. The summed E-state index contributed by atoms with van der Waals surface area (Å²) >= 11 is 0. The minimum absolute atomic E-state index is 0. The first-order chi connectivity index (χ1) is 9.67. The molecule has 1 aliphatic heterocycles. The smallest absolute Gasteiger partial charge is 0.240 e. The van der Waals surface area contributed by atoms with Gasteiger partial charge in [-0.1, -0.05) is 5.16 Å². The molecule has 0 aromatic carbocycles. The first-order valence-electron chi connectivity index (χ1n) is 7.25. The highest BCUT2D eigenvalue weighted by molar-refractivity contribution is 5.85. The standard InChI is InChI=1S/C13H25N5O2.2ClH/c1-11(2)19-8-7-17-3-5-18(6-4-17)10-12-15-13(9-14)20-16-12;;/h11H,3-10,14H2,1-2H3;2*1H. The number of ether oxygens (including phenoxy) is 1. The van der Waals surface area contributed by atoms with E-state index in [1.54, 1.807) is 0 Å². The van der Waals surface area contributed by atoms with Crippen LogP contribution in [0.5, 0.6) is 0 Å². The molecule has 0 aliphatic carbocycles. The number of rotatable bonds is 7. The third-order valence-corrected chi connectivity index (χ3v) is 3.37. The predicted octanol–water partition coefficient (Wildman–Crippen LogP) is 0.914. The molecule has 9 heteroatoms. The van der Waals surface area contributed by atoms with Crippen LogP contribution in [-0.4, -0.2) is 65.4 Å². The van der Waals surface area contributed by atoms with Gasteiger partial charge < -0.3 is 15.0 Å². The molecule has 0 amide bonds. The van der Waals surface area contributed by atoms with Gasteiger partial charge in [0.1, 0.15) is 0 Å². The maximum atomic E-state index is 5.58. The summed E-state index contributed by atoms with van der Waals surface area (Å²) in [5.41, 5.74) is 5.45. The maximum absolute atomic E-state index is 5.58. The Bertz CT molecular complexity index is 398. The molecular formula is C13H27Cl2N5O2. The molecule has 0 bridgehead atoms. The Hall–Kier alpha value is -0.440. The van der Waals surface area contributed by atoms with Crippen molar-refractivity contribution in [3.63, 3.8) is 0 Å². The molecule has 1 aliphatic rings. The zero-order chi connectivity index (χ0) is 14.4. The van der Waals surface area contributed by atoms with E-state index in [0.717, 1.165) is 51.7 Å². The number of nitrogens with zero attached hydrogens (tertiary/aromatic N) is 4. The van der Waals surface area contributed by atoms with Crippen LogP contribution in [-0.2, 0) is 17.8 Å². The summed E-state index contributed by atoms with van der Waals surface area (Å²) in [4.78, 5) is 9.00. The second kappa shape index (κ2) is 11.2. The molecule has 22 heavy (non-hydrogen) atoms. The second-order valence-corrected chi connectivity index (χ2v) is 5.35. The molecule has 0 saturated carbocycles. The van der Waals surface area contributed by atoms with Crippen LogP contribution in [0.15, 0.2) is 4.52 Å². The predicted molar refractivity (Wildman–Crippen MR) is 89.5 cm³/mol. The van der Waals surface area contributed by atoms with E-state index >= 15 is 0 Å². The van der Waals surface area contributed by atoms with Crippen LogP contribution >= 0.6 is 24.8 Å². The zero-order valence-electron chi connectivity index (χ0n) is 13.2. The fraction of sp³-hybridized carbons (Fsp3) is 0.846. The van der Waals surface area contributed by atoms with Crippen molar-refractivity contribution >= 4 is 24.8 Å². The van der Waals surface area contributed by atoms with Gasteiger partial charge in [0, 0.05) is 32.7 Å². The van der Waals surface area contributed by atoms with Gasteiger partial charge in [-0.05, 0) is 13.8 Å².